The van der Waals surface area contributed by atoms with Crippen LogP contribution in [0.4, 0.5) is 0 Å². The van der Waals surface area contributed by atoms with Crippen molar-refractivity contribution in [2.24, 2.45) is 4.99 Å². The van der Waals surface area contributed by atoms with E-state index < -0.39 is 23.5 Å². The number of ether oxygens (including phenoxy) is 6. The molecule has 0 saturated heterocycles. The maximum atomic E-state index is 14.1. The number of hydrogen-bond donors (Lipinski definition) is 0. The van der Waals surface area contributed by atoms with Crippen molar-refractivity contribution in [1.29, 1.82) is 0 Å². The molecule has 1 aromatic heterocycles. The maximum Gasteiger partial charge on any atom is 0.343 e. The second-order valence-corrected chi connectivity index (χ2v) is 10.7. The van der Waals surface area contributed by atoms with Crippen molar-refractivity contribution in [3.63, 3.8) is 0 Å². The molecule has 0 radical (unpaired) electrons. The zero-order valence-corrected chi connectivity index (χ0v) is 26.9. The van der Waals surface area contributed by atoms with E-state index >= 15 is 0 Å². The van der Waals surface area contributed by atoms with Gasteiger partial charge in [0.25, 0.3) is 5.56 Å². The molecule has 4 rings (SSSR count). The summed E-state index contributed by atoms with van der Waals surface area (Å²) in [5.41, 5.74) is 1.30. The van der Waals surface area contributed by atoms with Gasteiger partial charge in [0.2, 0.25) is 0 Å². The monoisotopic (exact) mass is 654 g/mol. The predicted molar refractivity (Wildman–Crippen MR) is 168 cm³/mol. The summed E-state index contributed by atoms with van der Waals surface area (Å²) in [5, 5.41) is 0.250. The number of benzene rings is 2. The van der Waals surface area contributed by atoms with Gasteiger partial charge in [-0.15, -0.1) is 6.42 Å². The summed E-state index contributed by atoms with van der Waals surface area (Å²) in [7, 11) is 2.73. The molecular formula is C32H31ClN2O9S. The standard InChI is InChI=1S/C32H31ClN2O9S/c1-7-12-43-29-21(33)13-19(14-24(29)39-5)15-25-30(37)35-28(27(31(38)42-9-3)18(4)34-32(35)45-25)20-10-11-22(23(16-20)41-8-2)44-17-26(36)40-6/h1,10-11,13-16,28H,8-9,12,17H2,2-6H3/b25-15-/t28-/m1/s1. The van der Waals surface area contributed by atoms with Crippen LogP contribution in [0.3, 0.4) is 0 Å². The Morgan fingerprint density at radius 2 is 1.87 bits per heavy atom. The molecule has 1 aliphatic rings. The Bertz CT molecular complexity index is 1870. The van der Waals surface area contributed by atoms with E-state index in [1.807, 2.05) is 0 Å². The molecule has 236 valence electrons. The van der Waals surface area contributed by atoms with Crippen molar-refractivity contribution in [3.05, 3.63) is 77.4 Å². The summed E-state index contributed by atoms with van der Waals surface area (Å²) in [5.74, 6) is 2.44. The van der Waals surface area contributed by atoms with Gasteiger partial charge in [0.1, 0.15) is 6.61 Å². The Balaban J connectivity index is 1.89. The summed E-state index contributed by atoms with van der Waals surface area (Å²) in [6.45, 7) is 5.26. The lowest BCUT2D eigenvalue weighted by atomic mass is 9.95. The summed E-state index contributed by atoms with van der Waals surface area (Å²) in [6, 6.07) is 7.35. The molecule has 1 atom stereocenters. The maximum absolute atomic E-state index is 14.1. The lowest BCUT2D eigenvalue weighted by Gasteiger charge is -2.25. The minimum atomic E-state index is -0.908. The fourth-order valence-electron chi connectivity index (χ4n) is 4.61. The predicted octanol–water partition coefficient (Wildman–Crippen LogP) is 3.42. The second-order valence-electron chi connectivity index (χ2n) is 9.33. The molecule has 45 heavy (non-hydrogen) atoms. The van der Waals surface area contributed by atoms with Gasteiger partial charge >= 0.3 is 11.9 Å². The SMILES string of the molecule is C#CCOc1c(Cl)cc(/C=c2\sc3n(c2=O)[C@H](c2ccc(OCC(=O)OC)c(OCC)c2)C(C(=O)OCC)=C(C)N=3)cc1OC. The number of aromatic nitrogens is 1. The van der Waals surface area contributed by atoms with Gasteiger partial charge in [-0.25, -0.2) is 14.6 Å². The third-order valence-corrected chi connectivity index (χ3v) is 7.79. The van der Waals surface area contributed by atoms with Gasteiger partial charge in [0.15, 0.2) is 34.4 Å². The number of rotatable bonds is 12. The number of methoxy groups -OCH3 is 2. The van der Waals surface area contributed by atoms with Gasteiger partial charge in [-0.3, -0.25) is 9.36 Å². The first kappa shape index (κ1) is 33.2. The van der Waals surface area contributed by atoms with E-state index in [-0.39, 0.29) is 41.9 Å². The first-order valence-electron chi connectivity index (χ1n) is 13.8. The number of allylic oxidation sites excluding steroid dienone is 1. The molecule has 0 bridgehead atoms. The molecule has 1 aliphatic heterocycles. The van der Waals surface area contributed by atoms with E-state index in [9.17, 15) is 14.4 Å². The summed E-state index contributed by atoms with van der Waals surface area (Å²) < 4.78 is 34.2. The zero-order chi connectivity index (χ0) is 32.7. The van der Waals surface area contributed by atoms with Crippen LogP contribution in [0.2, 0.25) is 5.02 Å². The molecule has 11 nitrogen and oxygen atoms in total. The van der Waals surface area contributed by atoms with E-state index in [1.54, 1.807) is 57.2 Å². The lowest BCUT2D eigenvalue weighted by Crippen LogP contribution is -2.40. The first-order chi connectivity index (χ1) is 21.7. The minimum Gasteiger partial charge on any atom is -0.493 e. The average molecular weight is 655 g/mol. The topological polar surface area (TPSA) is 124 Å². The van der Waals surface area contributed by atoms with E-state index in [1.165, 1.54) is 18.8 Å². The van der Waals surface area contributed by atoms with E-state index in [4.69, 9.17) is 41.7 Å². The van der Waals surface area contributed by atoms with Crippen LogP contribution in [0.5, 0.6) is 23.0 Å². The molecule has 0 unspecified atom stereocenters. The van der Waals surface area contributed by atoms with E-state index in [0.717, 1.165) is 11.3 Å². The van der Waals surface area contributed by atoms with Gasteiger partial charge in [-0.1, -0.05) is 34.9 Å². The molecule has 0 amide bonds. The Hall–Kier alpha value is -4.73. The number of halogens is 1. The molecule has 0 N–H and O–H groups in total. The van der Waals surface area contributed by atoms with E-state index in [0.29, 0.717) is 44.3 Å². The zero-order valence-electron chi connectivity index (χ0n) is 25.3. The number of carbonyl (C=O) groups excluding carboxylic acids is 2. The second kappa shape index (κ2) is 14.8. The number of fused-ring (bicyclic) bond motifs is 1. The van der Waals surface area contributed by atoms with Gasteiger partial charge in [-0.2, -0.15) is 0 Å². The number of esters is 2. The molecule has 3 aromatic rings. The van der Waals surface area contributed by atoms with Crippen LogP contribution in [0.25, 0.3) is 6.08 Å². The molecule has 0 aliphatic carbocycles. The fraction of sp³-hybridized carbons (Fsp3) is 0.312. The molecule has 0 saturated carbocycles. The third-order valence-electron chi connectivity index (χ3n) is 6.52. The Morgan fingerprint density at radius 3 is 2.53 bits per heavy atom. The molecule has 0 spiro atoms. The number of nitrogens with zero attached hydrogens (tertiary/aromatic N) is 2. The number of terminal acetylenes is 1. The van der Waals surface area contributed by atoms with Crippen LogP contribution < -0.4 is 33.8 Å². The molecule has 13 heteroatoms. The van der Waals surface area contributed by atoms with Crippen molar-refractivity contribution in [2.75, 3.05) is 40.6 Å². The molecule has 2 heterocycles. The van der Waals surface area contributed by atoms with Gasteiger partial charge in [-0.05, 0) is 62.2 Å². The van der Waals surface area contributed by atoms with Crippen molar-refractivity contribution in [1.82, 2.24) is 4.57 Å². The minimum absolute atomic E-state index is 0.000426. The Labute approximate surface area is 268 Å². The molecule has 2 aromatic carbocycles. The van der Waals surface area contributed by atoms with Crippen LogP contribution in [0.15, 0.2) is 51.4 Å². The van der Waals surface area contributed by atoms with Crippen LogP contribution in [0, 0.1) is 12.3 Å². The average Bonchev–Trinajstić information content (AvgIpc) is 3.32. The largest absolute Gasteiger partial charge is 0.493 e. The number of thiazole rings is 1. The summed E-state index contributed by atoms with van der Waals surface area (Å²) >= 11 is 7.61. The number of carbonyl (C=O) groups is 2. The highest BCUT2D eigenvalue weighted by atomic mass is 35.5. The van der Waals surface area contributed by atoms with Gasteiger partial charge < -0.3 is 28.4 Å². The van der Waals surface area contributed by atoms with E-state index in [2.05, 4.69) is 15.6 Å². The highest BCUT2D eigenvalue weighted by Gasteiger charge is 2.34. The van der Waals surface area contributed by atoms with Crippen LogP contribution in [-0.2, 0) is 19.1 Å². The fourth-order valence-corrected chi connectivity index (χ4v) is 5.93. The third kappa shape index (κ3) is 7.16. The summed E-state index contributed by atoms with van der Waals surface area (Å²) in [6.07, 6.45) is 6.96. The quantitative estimate of drug-likeness (QED) is 0.213. The van der Waals surface area contributed by atoms with Crippen LogP contribution in [-0.4, -0.2) is 57.2 Å². The van der Waals surface area contributed by atoms with Crippen LogP contribution >= 0.6 is 22.9 Å². The van der Waals surface area contributed by atoms with Crippen molar-refractivity contribution in [3.8, 4) is 35.3 Å². The smallest absolute Gasteiger partial charge is 0.343 e. The first-order valence-corrected chi connectivity index (χ1v) is 15.0. The normalized spacial score (nSPS) is 14.2. The van der Waals surface area contributed by atoms with Gasteiger partial charge in [0, 0.05) is 0 Å². The van der Waals surface area contributed by atoms with Crippen LogP contribution in [0.1, 0.15) is 37.9 Å². The Morgan fingerprint density at radius 1 is 1.09 bits per heavy atom. The van der Waals surface area contributed by atoms with Crippen molar-refractivity contribution < 1.29 is 38.0 Å². The summed E-state index contributed by atoms with van der Waals surface area (Å²) in [4.78, 5) is 44.0. The molecule has 0 fully saturated rings. The highest BCUT2D eigenvalue weighted by molar-refractivity contribution is 7.07. The van der Waals surface area contributed by atoms with Crippen molar-refractivity contribution >= 4 is 41.0 Å². The van der Waals surface area contributed by atoms with Gasteiger partial charge in [0.05, 0.1) is 54.3 Å². The highest BCUT2D eigenvalue weighted by Crippen LogP contribution is 2.38. The molecular weight excluding hydrogens is 624 g/mol. The number of hydrogen-bond acceptors (Lipinski definition) is 11. The lowest BCUT2D eigenvalue weighted by molar-refractivity contribution is -0.143. The Kier molecular flexibility index (Phi) is 10.9. The van der Waals surface area contributed by atoms with Crippen molar-refractivity contribution in [2.45, 2.75) is 26.8 Å².